The number of halogens is 1. The summed E-state index contributed by atoms with van der Waals surface area (Å²) >= 11 is 5.95. The second kappa shape index (κ2) is 8.62. The fourth-order valence-corrected chi connectivity index (χ4v) is 2.95. The van der Waals surface area contributed by atoms with E-state index >= 15 is 0 Å². The SMILES string of the molecule is CC(C)NCC1CCCN(CCOc2cccc(Cl)c2)C1. The summed E-state index contributed by atoms with van der Waals surface area (Å²) in [6.07, 6.45) is 2.63. The molecule has 0 bridgehead atoms. The smallest absolute Gasteiger partial charge is 0.120 e. The Kier molecular flexibility index (Phi) is 6.81. The van der Waals surface area contributed by atoms with Gasteiger partial charge >= 0.3 is 0 Å². The first-order valence-electron chi connectivity index (χ1n) is 7.97. The third kappa shape index (κ3) is 6.25. The number of piperidine rings is 1. The van der Waals surface area contributed by atoms with E-state index in [1.807, 2.05) is 24.3 Å². The molecule has 1 N–H and O–H groups in total. The van der Waals surface area contributed by atoms with Crippen LogP contribution in [0.4, 0.5) is 0 Å². The zero-order valence-electron chi connectivity index (χ0n) is 13.1. The Morgan fingerprint density at radius 1 is 1.43 bits per heavy atom. The number of ether oxygens (including phenoxy) is 1. The summed E-state index contributed by atoms with van der Waals surface area (Å²) < 4.78 is 5.78. The van der Waals surface area contributed by atoms with Gasteiger partial charge in [-0.05, 0) is 50.0 Å². The lowest BCUT2D eigenvalue weighted by Gasteiger charge is -2.33. The van der Waals surface area contributed by atoms with Gasteiger partial charge in [-0.2, -0.15) is 0 Å². The first-order chi connectivity index (χ1) is 10.1. The van der Waals surface area contributed by atoms with Crippen molar-refractivity contribution in [3.8, 4) is 5.75 Å². The molecule has 0 radical (unpaired) electrons. The van der Waals surface area contributed by atoms with Gasteiger partial charge in [0.05, 0.1) is 0 Å². The zero-order chi connectivity index (χ0) is 15.1. The van der Waals surface area contributed by atoms with Gasteiger partial charge in [-0.15, -0.1) is 0 Å². The van der Waals surface area contributed by atoms with Crippen molar-refractivity contribution in [1.29, 1.82) is 0 Å². The lowest BCUT2D eigenvalue weighted by Crippen LogP contribution is -2.42. The molecule has 1 fully saturated rings. The van der Waals surface area contributed by atoms with Crippen LogP contribution in [0.3, 0.4) is 0 Å². The minimum absolute atomic E-state index is 0.575. The predicted octanol–water partition coefficient (Wildman–Crippen LogP) is 3.43. The molecule has 3 nitrogen and oxygen atoms in total. The van der Waals surface area contributed by atoms with Crippen LogP contribution in [-0.2, 0) is 0 Å². The van der Waals surface area contributed by atoms with Crippen LogP contribution in [0, 0.1) is 5.92 Å². The largest absolute Gasteiger partial charge is 0.492 e. The van der Waals surface area contributed by atoms with Crippen molar-refractivity contribution in [3.05, 3.63) is 29.3 Å². The molecular formula is C17H27ClN2O. The Morgan fingerprint density at radius 3 is 3.05 bits per heavy atom. The van der Waals surface area contributed by atoms with Crippen LogP contribution < -0.4 is 10.1 Å². The minimum Gasteiger partial charge on any atom is -0.492 e. The van der Waals surface area contributed by atoms with Crippen LogP contribution in [-0.4, -0.2) is 43.7 Å². The third-order valence-corrected chi connectivity index (χ3v) is 4.13. The first kappa shape index (κ1) is 16.6. The van der Waals surface area contributed by atoms with Crippen LogP contribution >= 0.6 is 11.6 Å². The van der Waals surface area contributed by atoms with Crippen molar-refractivity contribution in [3.63, 3.8) is 0 Å². The normalized spacial score (nSPS) is 19.9. The molecule has 0 aromatic heterocycles. The molecule has 0 saturated carbocycles. The highest BCUT2D eigenvalue weighted by Crippen LogP contribution is 2.18. The standard InChI is InChI=1S/C17H27ClN2O/c1-14(2)19-12-15-5-4-8-20(13-15)9-10-21-17-7-3-6-16(18)11-17/h3,6-7,11,14-15,19H,4-5,8-10,12-13H2,1-2H3. The topological polar surface area (TPSA) is 24.5 Å². The number of benzene rings is 1. The maximum Gasteiger partial charge on any atom is 0.120 e. The summed E-state index contributed by atoms with van der Waals surface area (Å²) in [5.41, 5.74) is 0. The molecule has 1 aliphatic rings. The average Bonchev–Trinajstić information content (AvgIpc) is 2.46. The maximum absolute atomic E-state index is 5.95. The molecule has 0 aliphatic carbocycles. The Balaban J connectivity index is 1.68. The van der Waals surface area contributed by atoms with Crippen molar-refractivity contribution < 1.29 is 4.74 Å². The van der Waals surface area contributed by atoms with Gasteiger partial charge in [-0.25, -0.2) is 0 Å². The van der Waals surface area contributed by atoms with Crippen LogP contribution in [0.25, 0.3) is 0 Å². The lowest BCUT2D eigenvalue weighted by molar-refractivity contribution is 0.144. The highest BCUT2D eigenvalue weighted by atomic mass is 35.5. The third-order valence-electron chi connectivity index (χ3n) is 3.89. The van der Waals surface area contributed by atoms with E-state index in [0.29, 0.717) is 6.04 Å². The van der Waals surface area contributed by atoms with Gasteiger partial charge in [-0.3, -0.25) is 4.90 Å². The zero-order valence-corrected chi connectivity index (χ0v) is 13.9. The first-order valence-corrected chi connectivity index (χ1v) is 8.35. The summed E-state index contributed by atoms with van der Waals surface area (Å²) in [6.45, 7) is 9.63. The Morgan fingerprint density at radius 2 is 2.29 bits per heavy atom. The number of nitrogens with one attached hydrogen (secondary N) is 1. The number of likely N-dealkylation sites (tertiary alicyclic amines) is 1. The summed E-state index contributed by atoms with van der Waals surface area (Å²) in [5.74, 6) is 1.63. The molecule has 1 saturated heterocycles. The van der Waals surface area contributed by atoms with Crippen molar-refractivity contribution in [2.24, 2.45) is 5.92 Å². The van der Waals surface area contributed by atoms with Crippen molar-refractivity contribution in [2.75, 3.05) is 32.8 Å². The van der Waals surface area contributed by atoms with Crippen molar-refractivity contribution >= 4 is 11.6 Å². The van der Waals surface area contributed by atoms with Crippen molar-refractivity contribution in [2.45, 2.75) is 32.7 Å². The fourth-order valence-electron chi connectivity index (χ4n) is 2.77. The molecule has 4 heteroatoms. The molecule has 1 heterocycles. The van der Waals surface area contributed by atoms with Crippen LogP contribution in [0.5, 0.6) is 5.75 Å². The van der Waals surface area contributed by atoms with E-state index in [4.69, 9.17) is 16.3 Å². The van der Waals surface area contributed by atoms with E-state index in [1.54, 1.807) is 0 Å². The van der Waals surface area contributed by atoms with Gasteiger partial charge in [-0.1, -0.05) is 31.5 Å². The number of hydrogen-bond acceptors (Lipinski definition) is 3. The van der Waals surface area contributed by atoms with Gasteiger partial charge in [0, 0.05) is 24.2 Å². The summed E-state index contributed by atoms with van der Waals surface area (Å²) in [5, 5.41) is 4.28. The highest BCUT2D eigenvalue weighted by Gasteiger charge is 2.19. The maximum atomic E-state index is 5.95. The van der Waals surface area contributed by atoms with Gasteiger partial charge in [0.25, 0.3) is 0 Å². The fraction of sp³-hybridized carbons (Fsp3) is 0.647. The molecular weight excluding hydrogens is 284 g/mol. The molecule has 1 aromatic carbocycles. The molecule has 1 aromatic rings. The van der Waals surface area contributed by atoms with E-state index in [2.05, 4.69) is 24.1 Å². The summed E-state index contributed by atoms with van der Waals surface area (Å²) in [4.78, 5) is 2.51. The molecule has 2 rings (SSSR count). The Labute approximate surface area is 133 Å². The number of rotatable bonds is 7. The Bertz CT molecular complexity index is 425. The summed E-state index contributed by atoms with van der Waals surface area (Å²) in [6, 6.07) is 8.19. The Hall–Kier alpha value is -0.770. The average molecular weight is 311 g/mol. The molecule has 1 aliphatic heterocycles. The lowest BCUT2D eigenvalue weighted by atomic mass is 9.98. The van der Waals surface area contributed by atoms with Crippen LogP contribution in [0.1, 0.15) is 26.7 Å². The predicted molar refractivity (Wildman–Crippen MR) is 89.2 cm³/mol. The molecule has 21 heavy (non-hydrogen) atoms. The monoisotopic (exact) mass is 310 g/mol. The number of hydrogen-bond donors (Lipinski definition) is 1. The van der Waals surface area contributed by atoms with Crippen LogP contribution in [0.15, 0.2) is 24.3 Å². The minimum atomic E-state index is 0.575. The molecule has 1 atom stereocenters. The quantitative estimate of drug-likeness (QED) is 0.835. The second-order valence-electron chi connectivity index (χ2n) is 6.18. The van der Waals surface area contributed by atoms with E-state index in [9.17, 15) is 0 Å². The molecule has 0 amide bonds. The van der Waals surface area contributed by atoms with Crippen molar-refractivity contribution in [1.82, 2.24) is 10.2 Å². The molecule has 0 spiro atoms. The van der Waals surface area contributed by atoms with Gasteiger partial charge in [0.15, 0.2) is 0 Å². The second-order valence-corrected chi connectivity index (χ2v) is 6.61. The van der Waals surface area contributed by atoms with E-state index in [1.165, 1.54) is 25.9 Å². The van der Waals surface area contributed by atoms with E-state index in [-0.39, 0.29) is 0 Å². The van der Waals surface area contributed by atoms with Gasteiger partial charge in [0.1, 0.15) is 12.4 Å². The molecule has 118 valence electrons. The molecule has 1 unspecified atom stereocenters. The van der Waals surface area contributed by atoms with Gasteiger partial charge in [0.2, 0.25) is 0 Å². The van der Waals surface area contributed by atoms with E-state index in [0.717, 1.165) is 36.4 Å². The van der Waals surface area contributed by atoms with Gasteiger partial charge < -0.3 is 10.1 Å². The summed E-state index contributed by atoms with van der Waals surface area (Å²) in [7, 11) is 0. The highest BCUT2D eigenvalue weighted by molar-refractivity contribution is 6.30. The number of nitrogens with zero attached hydrogens (tertiary/aromatic N) is 1. The van der Waals surface area contributed by atoms with E-state index < -0.39 is 0 Å². The van der Waals surface area contributed by atoms with Crippen LogP contribution in [0.2, 0.25) is 5.02 Å².